The lowest BCUT2D eigenvalue weighted by Crippen LogP contribution is -2.12. The quantitative estimate of drug-likeness (QED) is 0.646. The zero-order valence-corrected chi connectivity index (χ0v) is 14.5. The van der Waals surface area contributed by atoms with Gasteiger partial charge >= 0.3 is 5.97 Å². The van der Waals surface area contributed by atoms with Crippen molar-refractivity contribution in [1.29, 1.82) is 0 Å². The molecule has 0 radical (unpaired) electrons. The number of aryl methyl sites for hydroxylation is 3. The normalized spacial score (nSPS) is 10.7. The second-order valence-corrected chi connectivity index (χ2v) is 6.04. The number of nitrogens with zero attached hydrogens (tertiary/aromatic N) is 1. The highest BCUT2D eigenvalue weighted by atomic mass is 16.5. The molecule has 0 saturated carbocycles. The Kier molecular flexibility index (Phi) is 4.26. The van der Waals surface area contributed by atoms with Crippen LogP contribution in [0.5, 0.6) is 0 Å². The van der Waals surface area contributed by atoms with Crippen LogP contribution in [0.1, 0.15) is 27.2 Å². The van der Waals surface area contributed by atoms with Gasteiger partial charge in [-0.25, -0.2) is 4.79 Å². The largest absolute Gasteiger partial charge is 0.464 e. The fourth-order valence-electron chi connectivity index (χ4n) is 3.30. The molecule has 1 heterocycles. The molecule has 3 aromatic rings. The molecule has 0 aliphatic carbocycles. The molecule has 3 nitrogen and oxygen atoms in total. The summed E-state index contributed by atoms with van der Waals surface area (Å²) in [6, 6.07) is 18.2. The Morgan fingerprint density at radius 1 is 0.917 bits per heavy atom. The van der Waals surface area contributed by atoms with Gasteiger partial charge in [-0.3, -0.25) is 0 Å². The van der Waals surface area contributed by atoms with Crippen molar-refractivity contribution in [2.45, 2.75) is 20.8 Å². The van der Waals surface area contributed by atoms with Gasteiger partial charge in [-0.1, -0.05) is 48.0 Å². The summed E-state index contributed by atoms with van der Waals surface area (Å²) in [6.07, 6.45) is 0. The second kappa shape index (κ2) is 6.36. The second-order valence-electron chi connectivity index (χ2n) is 6.04. The van der Waals surface area contributed by atoms with Crippen molar-refractivity contribution in [2.75, 3.05) is 7.11 Å². The number of esters is 1. The van der Waals surface area contributed by atoms with Gasteiger partial charge in [0.15, 0.2) is 0 Å². The number of benzene rings is 2. The summed E-state index contributed by atoms with van der Waals surface area (Å²) in [5.74, 6) is -0.337. The van der Waals surface area contributed by atoms with Crippen molar-refractivity contribution in [3.8, 4) is 16.9 Å². The summed E-state index contributed by atoms with van der Waals surface area (Å²) in [6.45, 7) is 6.23. The molecule has 0 bridgehead atoms. The van der Waals surface area contributed by atoms with E-state index < -0.39 is 0 Å². The third-order valence-electron chi connectivity index (χ3n) is 4.20. The molecule has 0 spiro atoms. The van der Waals surface area contributed by atoms with Gasteiger partial charge < -0.3 is 9.30 Å². The van der Waals surface area contributed by atoms with Crippen molar-refractivity contribution in [2.24, 2.45) is 0 Å². The first kappa shape index (κ1) is 16.1. The van der Waals surface area contributed by atoms with E-state index in [4.69, 9.17) is 4.74 Å². The Hall–Kier alpha value is -2.81. The summed E-state index contributed by atoms with van der Waals surface area (Å²) in [5.41, 5.74) is 7.08. The molecule has 2 aromatic carbocycles. The van der Waals surface area contributed by atoms with E-state index in [0.29, 0.717) is 5.69 Å². The SMILES string of the molecule is COC(=O)c1ccc(-c2ccccc2)n1-c1c(C)cc(C)cc1C. The first-order valence-electron chi connectivity index (χ1n) is 7.96. The van der Waals surface area contributed by atoms with E-state index in [9.17, 15) is 4.79 Å². The molecule has 24 heavy (non-hydrogen) atoms. The topological polar surface area (TPSA) is 31.2 Å². The van der Waals surface area contributed by atoms with Gasteiger partial charge in [-0.05, 0) is 49.6 Å². The molecule has 122 valence electrons. The summed E-state index contributed by atoms with van der Waals surface area (Å²) >= 11 is 0. The first-order chi connectivity index (χ1) is 11.5. The van der Waals surface area contributed by atoms with Crippen LogP contribution in [0, 0.1) is 20.8 Å². The van der Waals surface area contributed by atoms with Gasteiger partial charge in [0.25, 0.3) is 0 Å². The van der Waals surface area contributed by atoms with E-state index in [2.05, 4.69) is 32.9 Å². The minimum absolute atomic E-state index is 0.337. The number of rotatable bonds is 3. The van der Waals surface area contributed by atoms with Crippen LogP contribution in [0.25, 0.3) is 16.9 Å². The zero-order valence-electron chi connectivity index (χ0n) is 14.5. The molecule has 0 amide bonds. The minimum atomic E-state index is -0.337. The number of carbonyl (C=O) groups excluding carboxylic acids is 1. The van der Waals surface area contributed by atoms with E-state index in [1.54, 1.807) is 0 Å². The molecule has 0 atom stereocenters. The average Bonchev–Trinajstić information content (AvgIpc) is 2.98. The monoisotopic (exact) mass is 319 g/mol. The van der Waals surface area contributed by atoms with E-state index in [0.717, 1.165) is 28.1 Å². The average molecular weight is 319 g/mol. The predicted molar refractivity (Wildman–Crippen MR) is 96.8 cm³/mol. The lowest BCUT2D eigenvalue weighted by Gasteiger charge is -2.18. The maximum absolute atomic E-state index is 12.3. The summed E-state index contributed by atoms with van der Waals surface area (Å²) < 4.78 is 7.00. The summed E-state index contributed by atoms with van der Waals surface area (Å²) in [7, 11) is 1.41. The fourth-order valence-corrected chi connectivity index (χ4v) is 3.30. The predicted octanol–water partition coefficient (Wildman–Crippen LogP) is 4.86. The molecule has 0 unspecified atom stereocenters. The number of hydrogen-bond donors (Lipinski definition) is 0. The van der Waals surface area contributed by atoms with Crippen LogP contribution in [0.2, 0.25) is 0 Å². The molecule has 0 saturated heterocycles. The van der Waals surface area contributed by atoms with Gasteiger partial charge in [0.2, 0.25) is 0 Å². The number of ether oxygens (including phenoxy) is 1. The zero-order chi connectivity index (χ0) is 17.3. The van der Waals surface area contributed by atoms with E-state index >= 15 is 0 Å². The van der Waals surface area contributed by atoms with Crippen molar-refractivity contribution in [1.82, 2.24) is 4.57 Å². The van der Waals surface area contributed by atoms with Crippen LogP contribution < -0.4 is 0 Å². The molecule has 0 N–H and O–H groups in total. The maximum Gasteiger partial charge on any atom is 0.355 e. The lowest BCUT2D eigenvalue weighted by atomic mass is 10.0. The van der Waals surface area contributed by atoms with Crippen LogP contribution in [0.4, 0.5) is 0 Å². The highest BCUT2D eigenvalue weighted by Gasteiger charge is 2.20. The van der Waals surface area contributed by atoms with Gasteiger partial charge in [0.1, 0.15) is 5.69 Å². The molecule has 3 heteroatoms. The lowest BCUT2D eigenvalue weighted by molar-refractivity contribution is 0.0592. The van der Waals surface area contributed by atoms with Crippen molar-refractivity contribution in [3.63, 3.8) is 0 Å². The molecular formula is C21H21NO2. The van der Waals surface area contributed by atoms with Crippen molar-refractivity contribution >= 4 is 5.97 Å². The van der Waals surface area contributed by atoms with Crippen molar-refractivity contribution < 1.29 is 9.53 Å². The minimum Gasteiger partial charge on any atom is -0.464 e. The van der Waals surface area contributed by atoms with E-state index in [1.165, 1.54) is 12.7 Å². The summed E-state index contributed by atoms with van der Waals surface area (Å²) in [5, 5.41) is 0. The summed E-state index contributed by atoms with van der Waals surface area (Å²) in [4.78, 5) is 12.3. The van der Waals surface area contributed by atoms with Gasteiger partial charge in [-0.15, -0.1) is 0 Å². The molecular weight excluding hydrogens is 298 g/mol. The number of carbonyl (C=O) groups is 1. The molecule has 0 fully saturated rings. The van der Waals surface area contributed by atoms with Crippen LogP contribution in [-0.2, 0) is 4.74 Å². The Morgan fingerprint density at radius 2 is 1.54 bits per heavy atom. The smallest absolute Gasteiger partial charge is 0.355 e. The fraction of sp³-hybridized carbons (Fsp3) is 0.190. The number of methoxy groups -OCH3 is 1. The maximum atomic E-state index is 12.3. The van der Waals surface area contributed by atoms with Crippen LogP contribution >= 0.6 is 0 Å². The Labute approximate surface area is 142 Å². The molecule has 3 rings (SSSR count). The highest BCUT2D eigenvalue weighted by molar-refractivity contribution is 5.90. The molecule has 0 aliphatic heterocycles. The van der Waals surface area contributed by atoms with E-state index in [1.807, 2.05) is 47.0 Å². The Balaban J connectivity index is 2.33. The Morgan fingerprint density at radius 3 is 2.12 bits per heavy atom. The first-order valence-corrected chi connectivity index (χ1v) is 7.96. The number of hydrogen-bond acceptors (Lipinski definition) is 2. The van der Waals surface area contributed by atoms with E-state index in [-0.39, 0.29) is 5.97 Å². The Bertz CT molecular complexity index is 868. The van der Waals surface area contributed by atoms with Gasteiger partial charge in [-0.2, -0.15) is 0 Å². The van der Waals surface area contributed by atoms with Crippen molar-refractivity contribution in [3.05, 3.63) is 77.0 Å². The number of aromatic nitrogens is 1. The standard InChI is InChI=1S/C21H21NO2/c1-14-12-15(2)20(16(3)13-14)22-18(17-8-6-5-7-9-17)10-11-19(22)21(23)24-4/h5-13H,1-4H3. The third-order valence-corrected chi connectivity index (χ3v) is 4.20. The third kappa shape index (κ3) is 2.73. The molecule has 0 aliphatic rings. The van der Waals surface area contributed by atoms with Gasteiger partial charge in [0, 0.05) is 0 Å². The van der Waals surface area contributed by atoms with Gasteiger partial charge in [0.05, 0.1) is 18.5 Å². The molecule has 1 aromatic heterocycles. The van der Waals surface area contributed by atoms with Crippen LogP contribution in [-0.4, -0.2) is 17.6 Å². The van der Waals surface area contributed by atoms with Crippen LogP contribution in [0.15, 0.2) is 54.6 Å². The van der Waals surface area contributed by atoms with Crippen LogP contribution in [0.3, 0.4) is 0 Å². The highest BCUT2D eigenvalue weighted by Crippen LogP contribution is 2.31.